The minimum Gasteiger partial charge on any atom is -0.471 e. The van der Waals surface area contributed by atoms with Crippen LogP contribution in [0.5, 0.6) is 5.88 Å². The molecular weight excluding hydrogens is 456 g/mol. The molecule has 0 bridgehead atoms. The fraction of sp³-hybridized carbons (Fsp3) is 0.261. The van der Waals surface area contributed by atoms with Crippen LogP contribution in [0.15, 0.2) is 41.2 Å². The van der Waals surface area contributed by atoms with Crippen molar-refractivity contribution >= 4 is 17.5 Å². The highest BCUT2D eigenvalue weighted by molar-refractivity contribution is 6.31. The molecule has 0 aliphatic heterocycles. The van der Waals surface area contributed by atoms with Crippen LogP contribution >= 0.6 is 11.6 Å². The molecule has 174 valence electrons. The van der Waals surface area contributed by atoms with E-state index in [-0.39, 0.29) is 41.0 Å². The van der Waals surface area contributed by atoms with E-state index in [9.17, 15) is 23.5 Å². The summed E-state index contributed by atoms with van der Waals surface area (Å²) in [5.74, 6) is -1.89. The third-order valence-electron chi connectivity index (χ3n) is 4.82. The van der Waals surface area contributed by atoms with Crippen molar-refractivity contribution in [3.63, 3.8) is 0 Å². The summed E-state index contributed by atoms with van der Waals surface area (Å²) < 4.78 is 33.6. The van der Waals surface area contributed by atoms with Gasteiger partial charge in [-0.05, 0) is 50.6 Å². The summed E-state index contributed by atoms with van der Waals surface area (Å²) in [6.45, 7) is 4.64. The van der Waals surface area contributed by atoms with Gasteiger partial charge in [0.05, 0.1) is 11.8 Å². The van der Waals surface area contributed by atoms with Crippen LogP contribution in [0.4, 0.5) is 8.78 Å². The van der Waals surface area contributed by atoms with Gasteiger partial charge in [0.25, 0.3) is 11.5 Å². The van der Waals surface area contributed by atoms with Crippen LogP contribution in [0.2, 0.25) is 5.02 Å². The van der Waals surface area contributed by atoms with E-state index < -0.39 is 29.2 Å². The predicted octanol–water partition coefficient (Wildman–Crippen LogP) is 3.47. The summed E-state index contributed by atoms with van der Waals surface area (Å²) in [6, 6.07) is 7.84. The topological polar surface area (TPSA) is 93.5 Å². The van der Waals surface area contributed by atoms with Crippen molar-refractivity contribution in [3.8, 4) is 11.6 Å². The van der Waals surface area contributed by atoms with Crippen molar-refractivity contribution < 1.29 is 23.4 Å². The normalized spacial score (nSPS) is 11.8. The lowest BCUT2D eigenvalue weighted by atomic mass is 10.1. The Balaban J connectivity index is 1.93. The van der Waals surface area contributed by atoms with Crippen LogP contribution in [0.25, 0.3) is 5.69 Å². The molecule has 0 unspecified atom stereocenters. The molecule has 0 radical (unpaired) electrons. The molecule has 3 aromatic rings. The van der Waals surface area contributed by atoms with Gasteiger partial charge in [-0.25, -0.2) is 8.78 Å². The Morgan fingerprint density at radius 2 is 1.97 bits per heavy atom. The summed E-state index contributed by atoms with van der Waals surface area (Å²) >= 11 is 6.21. The van der Waals surface area contributed by atoms with Crippen molar-refractivity contribution in [2.45, 2.75) is 33.5 Å². The first-order valence-corrected chi connectivity index (χ1v) is 10.4. The second-order valence-electron chi connectivity index (χ2n) is 7.50. The summed E-state index contributed by atoms with van der Waals surface area (Å²) in [5.41, 5.74) is 0.803. The highest BCUT2D eigenvalue weighted by Gasteiger charge is 2.19. The van der Waals surface area contributed by atoms with Crippen molar-refractivity contribution in [3.05, 3.63) is 85.9 Å². The second kappa shape index (κ2) is 10.1. The molecule has 1 heterocycles. The number of aryl methyl sites for hydroxylation is 2. The highest BCUT2D eigenvalue weighted by Crippen LogP contribution is 2.23. The van der Waals surface area contributed by atoms with Crippen LogP contribution in [-0.4, -0.2) is 33.2 Å². The van der Waals surface area contributed by atoms with Gasteiger partial charge in [-0.3, -0.25) is 14.2 Å². The fourth-order valence-electron chi connectivity index (χ4n) is 3.08. The first-order valence-electron chi connectivity index (χ1n) is 10.0. The predicted molar refractivity (Wildman–Crippen MR) is 119 cm³/mol. The molecule has 0 aliphatic carbocycles. The third-order valence-corrected chi connectivity index (χ3v) is 5.14. The van der Waals surface area contributed by atoms with Crippen molar-refractivity contribution in [2.75, 3.05) is 6.54 Å². The maximum Gasteiger partial charge on any atom is 0.280 e. The standard InChI is InChI=1S/C23H22ClF2N3O4/c1-12-4-5-15(21(31)27-10-13(2)30)8-19(12)29-14(3)28-22(20(24)23(29)32)33-11-16-6-7-17(25)9-18(16)26/h4-9,13,30H,10-11H2,1-3H3,(H,27,31)/t13-/m1/s1. The lowest BCUT2D eigenvalue weighted by Gasteiger charge is -2.16. The molecule has 0 saturated carbocycles. The number of aliphatic hydroxyl groups is 1. The van der Waals surface area contributed by atoms with Gasteiger partial charge in [-0.15, -0.1) is 0 Å². The average Bonchev–Trinajstić information content (AvgIpc) is 2.75. The van der Waals surface area contributed by atoms with Crippen LogP contribution in [0.1, 0.15) is 34.2 Å². The number of ether oxygens (including phenoxy) is 1. The van der Waals surface area contributed by atoms with Gasteiger partial charge in [-0.1, -0.05) is 17.7 Å². The number of nitrogens with zero attached hydrogens (tertiary/aromatic N) is 2. The summed E-state index contributed by atoms with van der Waals surface area (Å²) in [4.78, 5) is 29.6. The summed E-state index contributed by atoms with van der Waals surface area (Å²) in [7, 11) is 0. The Morgan fingerprint density at radius 3 is 2.64 bits per heavy atom. The number of nitrogens with one attached hydrogen (secondary N) is 1. The minimum atomic E-state index is -0.794. The Hall–Kier alpha value is -3.30. The molecule has 0 fully saturated rings. The Bertz CT molecular complexity index is 1260. The number of hydrogen-bond acceptors (Lipinski definition) is 5. The number of carbonyl (C=O) groups excluding carboxylic acids is 1. The minimum absolute atomic E-state index is 0.0721. The van der Waals surface area contributed by atoms with E-state index in [0.717, 1.165) is 12.1 Å². The smallest absolute Gasteiger partial charge is 0.280 e. The lowest BCUT2D eigenvalue weighted by Crippen LogP contribution is -2.31. The van der Waals surface area contributed by atoms with Crippen molar-refractivity contribution in [1.29, 1.82) is 0 Å². The number of amides is 1. The van der Waals surface area contributed by atoms with Gasteiger partial charge in [0.15, 0.2) is 5.02 Å². The average molecular weight is 478 g/mol. The van der Waals surface area contributed by atoms with E-state index in [2.05, 4.69) is 10.3 Å². The molecule has 1 amide bonds. The van der Waals surface area contributed by atoms with E-state index >= 15 is 0 Å². The Morgan fingerprint density at radius 1 is 1.24 bits per heavy atom. The quantitative estimate of drug-likeness (QED) is 0.543. The molecule has 0 aliphatic rings. The SMILES string of the molecule is Cc1ccc(C(=O)NC[C@@H](C)O)cc1-n1c(C)nc(OCc2ccc(F)cc2F)c(Cl)c1=O. The van der Waals surface area contributed by atoms with E-state index in [1.54, 1.807) is 32.9 Å². The molecule has 33 heavy (non-hydrogen) atoms. The monoisotopic (exact) mass is 477 g/mol. The number of aromatic nitrogens is 2. The van der Waals surface area contributed by atoms with Gasteiger partial charge in [-0.2, -0.15) is 4.98 Å². The fourth-order valence-corrected chi connectivity index (χ4v) is 3.26. The van der Waals surface area contributed by atoms with Crippen molar-refractivity contribution in [1.82, 2.24) is 14.9 Å². The van der Waals surface area contributed by atoms with Crippen LogP contribution < -0.4 is 15.6 Å². The number of rotatable bonds is 7. The largest absolute Gasteiger partial charge is 0.471 e. The molecular formula is C23H22ClF2N3O4. The lowest BCUT2D eigenvalue weighted by molar-refractivity contribution is 0.0924. The molecule has 2 aromatic carbocycles. The Labute approximate surface area is 193 Å². The molecule has 2 N–H and O–H groups in total. The summed E-state index contributed by atoms with van der Waals surface area (Å²) in [5, 5.41) is 11.6. The number of hydrogen-bond donors (Lipinski definition) is 2. The highest BCUT2D eigenvalue weighted by atomic mass is 35.5. The zero-order valence-electron chi connectivity index (χ0n) is 18.2. The van der Waals surface area contributed by atoms with E-state index in [0.29, 0.717) is 11.3 Å². The molecule has 0 saturated heterocycles. The van der Waals surface area contributed by atoms with Crippen LogP contribution in [-0.2, 0) is 6.61 Å². The molecule has 10 heteroatoms. The van der Waals surface area contributed by atoms with Crippen molar-refractivity contribution in [2.24, 2.45) is 0 Å². The molecule has 1 atom stereocenters. The molecule has 1 aromatic heterocycles. The van der Waals surface area contributed by atoms with E-state index in [1.165, 1.54) is 16.7 Å². The number of benzene rings is 2. The maximum atomic E-state index is 13.9. The summed E-state index contributed by atoms with van der Waals surface area (Å²) in [6.07, 6.45) is -0.706. The van der Waals surface area contributed by atoms with Crippen LogP contribution in [0.3, 0.4) is 0 Å². The Kier molecular flexibility index (Phi) is 7.45. The number of halogens is 3. The van der Waals surface area contributed by atoms with Gasteiger partial charge in [0, 0.05) is 23.7 Å². The molecule has 3 rings (SSSR count). The zero-order chi connectivity index (χ0) is 24.3. The zero-order valence-corrected chi connectivity index (χ0v) is 18.9. The maximum absolute atomic E-state index is 13.9. The van der Waals surface area contributed by atoms with Gasteiger partial charge in [0.2, 0.25) is 5.88 Å². The first kappa shape index (κ1) is 24.3. The van der Waals surface area contributed by atoms with Gasteiger partial charge >= 0.3 is 0 Å². The van der Waals surface area contributed by atoms with E-state index in [1.807, 2.05) is 0 Å². The van der Waals surface area contributed by atoms with Crippen LogP contribution in [0, 0.1) is 25.5 Å². The van der Waals surface area contributed by atoms with E-state index in [4.69, 9.17) is 16.3 Å². The number of carbonyl (C=O) groups is 1. The third kappa shape index (κ3) is 5.55. The van der Waals surface area contributed by atoms with Gasteiger partial charge in [0.1, 0.15) is 24.1 Å². The van der Waals surface area contributed by atoms with Gasteiger partial charge < -0.3 is 15.2 Å². The molecule has 0 spiro atoms. The first-order chi connectivity index (χ1) is 15.6. The molecule has 7 nitrogen and oxygen atoms in total. The number of aliphatic hydroxyl groups excluding tert-OH is 1. The second-order valence-corrected chi connectivity index (χ2v) is 7.88.